The monoisotopic (exact) mass is 507 g/mol. The van der Waals surface area contributed by atoms with Crippen LogP contribution in [0.1, 0.15) is 78.4 Å². The van der Waals surface area contributed by atoms with Gasteiger partial charge in [0.15, 0.2) is 0 Å². The van der Waals surface area contributed by atoms with E-state index in [2.05, 4.69) is 21.7 Å². The van der Waals surface area contributed by atoms with Crippen molar-refractivity contribution in [3.63, 3.8) is 0 Å². The summed E-state index contributed by atoms with van der Waals surface area (Å²) in [4.78, 5) is 32.1. The van der Waals surface area contributed by atoms with Crippen LogP contribution in [0.2, 0.25) is 0 Å². The van der Waals surface area contributed by atoms with Gasteiger partial charge in [0.05, 0.1) is 22.8 Å². The molecule has 1 N–H and O–H groups in total. The lowest BCUT2D eigenvalue weighted by Gasteiger charge is -2.26. The highest BCUT2D eigenvalue weighted by Crippen LogP contribution is 2.44. The third kappa shape index (κ3) is 4.49. The van der Waals surface area contributed by atoms with Crippen LogP contribution in [0.5, 0.6) is 0 Å². The highest BCUT2D eigenvalue weighted by molar-refractivity contribution is 5.99. The normalized spacial score (nSPS) is 18.2. The SMILES string of the molecule is O=C(O)c1ccc2c(C3CCCCC3)c(-c3ccccc3)n(CC(=O)N3CCCC3c3ccncc3)c2c1. The molecule has 0 radical (unpaired) electrons. The molecule has 1 saturated heterocycles. The predicted octanol–water partition coefficient (Wildman–Crippen LogP) is 6.81. The van der Waals surface area contributed by atoms with Crippen molar-refractivity contribution in [1.29, 1.82) is 0 Å². The van der Waals surface area contributed by atoms with Gasteiger partial charge in [-0.05, 0) is 72.6 Å². The number of fused-ring (bicyclic) bond motifs is 1. The first kappa shape index (κ1) is 24.4. The van der Waals surface area contributed by atoms with Crippen molar-refractivity contribution in [3.05, 3.63) is 89.7 Å². The first-order chi connectivity index (χ1) is 18.6. The number of hydrogen-bond donors (Lipinski definition) is 1. The molecule has 38 heavy (non-hydrogen) atoms. The molecule has 3 heterocycles. The van der Waals surface area contributed by atoms with E-state index in [1.54, 1.807) is 24.5 Å². The van der Waals surface area contributed by atoms with Crippen LogP contribution >= 0.6 is 0 Å². The fourth-order valence-electron chi connectivity index (χ4n) is 6.61. The number of likely N-dealkylation sites (tertiary alicyclic amines) is 1. The third-order valence-electron chi connectivity index (χ3n) is 8.37. The molecule has 2 aliphatic rings. The fourth-order valence-corrected chi connectivity index (χ4v) is 6.61. The number of carbonyl (C=O) groups is 2. The number of amides is 1. The molecule has 0 spiro atoms. The fraction of sp³-hybridized carbons (Fsp3) is 0.344. The molecule has 2 aromatic heterocycles. The zero-order valence-electron chi connectivity index (χ0n) is 21.6. The third-order valence-corrected chi connectivity index (χ3v) is 8.37. The van der Waals surface area contributed by atoms with Gasteiger partial charge in [-0.2, -0.15) is 0 Å². The largest absolute Gasteiger partial charge is 0.478 e. The van der Waals surface area contributed by atoms with E-state index in [-0.39, 0.29) is 24.1 Å². The van der Waals surface area contributed by atoms with Gasteiger partial charge in [0.25, 0.3) is 0 Å². The summed E-state index contributed by atoms with van der Waals surface area (Å²) in [5, 5.41) is 10.9. The van der Waals surface area contributed by atoms with E-state index in [0.717, 1.165) is 60.0 Å². The van der Waals surface area contributed by atoms with E-state index < -0.39 is 5.97 Å². The molecule has 1 saturated carbocycles. The Labute approximate surface area is 222 Å². The predicted molar refractivity (Wildman–Crippen MR) is 148 cm³/mol. The second kappa shape index (κ2) is 10.4. The van der Waals surface area contributed by atoms with Crippen LogP contribution in [0.15, 0.2) is 73.1 Å². The number of nitrogens with zero attached hydrogens (tertiary/aromatic N) is 3. The first-order valence-electron chi connectivity index (χ1n) is 13.8. The van der Waals surface area contributed by atoms with Gasteiger partial charge in [0.2, 0.25) is 5.91 Å². The van der Waals surface area contributed by atoms with Crippen molar-refractivity contribution in [3.8, 4) is 11.3 Å². The number of carboxylic acid groups (broad SMARTS) is 1. The van der Waals surface area contributed by atoms with Gasteiger partial charge in [0, 0.05) is 24.3 Å². The number of benzene rings is 2. The Bertz CT molecular complexity index is 1460. The van der Waals surface area contributed by atoms with E-state index in [1.807, 2.05) is 41.3 Å². The van der Waals surface area contributed by atoms with Crippen molar-refractivity contribution in [1.82, 2.24) is 14.5 Å². The van der Waals surface area contributed by atoms with E-state index in [1.165, 1.54) is 24.8 Å². The average Bonchev–Trinajstić information content (AvgIpc) is 3.58. The van der Waals surface area contributed by atoms with Gasteiger partial charge in [-0.15, -0.1) is 0 Å². The lowest BCUT2D eigenvalue weighted by Crippen LogP contribution is -2.33. The quantitative estimate of drug-likeness (QED) is 0.311. The van der Waals surface area contributed by atoms with Gasteiger partial charge >= 0.3 is 5.97 Å². The van der Waals surface area contributed by atoms with Gasteiger partial charge in [-0.25, -0.2) is 4.79 Å². The van der Waals surface area contributed by atoms with Crippen molar-refractivity contribution in [2.24, 2.45) is 0 Å². The first-order valence-corrected chi connectivity index (χ1v) is 13.8. The Balaban J connectivity index is 1.50. The molecule has 194 valence electrons. The van der Waals surface area contributed by atoms with Crippen molar-refractivity contribution < 1.29 is 14.7 Å². The van der Waals surface area contributed by atoms with Gasteiger partial charge in [-0.1, -0.05) is 55.7 Å². The number of carboxylic acids is 1. The van der Waals surface area contributed by atoms with Crippen molar-refractivity contribution in [2.45, 2.75) is 63.5 Å². The zero-order valence-corrected chi connectivity index (χ0v) is 21.6. The topological polar surface area (TPSA) is 75.4 Å². The summed E-state index contributed by atoms with van der Waals surface area (Å²) in [6.45, 7) is 0.902. The average molecular weight is 508 g/mol. The van der Waals surface area contributed by atoms with E-state index in [4.69, 9.17) is 0 Å². The van der Waals surface area contributed by atoms with E-state index in [0.29, 0.717) is 5.92 Å². The summed E-state index contributed by atoms with van der Waals surface area (Å²) in [5.41, 5.74) is 5.58. The molecule has 0 bridgehead atoms. The molecule has 4 aromatic rings. The van der Waals surface area contributed by atoms with Crippen LogP contribution in [-0.4, -0.2) is 38.0 Å². The Morgan fingerprint density at radius 1 is 0.895 bits per heavy atom. The van der Waals surface area contributed by atoms with Gasteiger partial charge < -0.3 is 14.6 Å². The Morgan fingerprint density at radius 3 is 2.39 bits per heavy atom. The van der Waals surface area contributed by atoms with Crippen LogP contribution < -0.4 is 0 Å². The molecule has 1 unspecified atom stereocenters. The maximum absolute atomic E-state index is 14.0. The standard InChI is InChI=1S/C32H33N3O3/c36-29(34-19-7-12-27(34)22-15-17-33-18-16-22)21-35-28-20-25(32(37)38)13-14-26(28)30(23-8-3-1-4-9-23)31(35)24-10-5-2-6-11-24/h2,5-6,10-11,13-18,20,23,27H,1,3-4,7-9,12,19,21H2,(H,37,38). The van der Waals surface area contributed by atoms with Crippen LogP contribution in [0.3, 0.4) is 0 Å². The summed E-state index contributed by atoms with van der Waals surface area (Å²) in [7, 11) is 0. The molecule has 6 heteroatoms. The van der Waals surface area contributed by atoms with Crippen molar-refractivity contribution in [2.75, 3.05) is 6.54 Å². The lowest BCUT2D eigenvalue weighted by atomic mass is 9.82. The summed E-state index contributed by atoms with van der Waals surface area (Å²) < 4.78 is 2.10. The Hall–Kier alpha value is -3.93. The minimum absolute atomic E-state index is 0.0416. The smallest absolute Gasteiger partial charge is 0.335 e. The molecule has 1 amide bonds. The number of hydrogen-bond acceptors (Lipinski definition) is 3. The minimum Gasteiger partial charge on any atom is -0.478 e. The lowest BCUT2D eigenvalue weighted by molar-refractivity contribution is -0.132. The van der Waals surface area contributed by atoms with E-state index in [9.17, 15) is 14.7 Å². The Morgan fingerprint density at radius 2 is 1.66 bits per heavy atom. The number of aromatic nitrogens is 2. The van der Waals surface area contributed by atoms with Crippen molar-refractivity contribution >= 4 is 22.8 Å². The highest BCUT2D eigenvalue weighted by atomic mass is 16.4. The molecule has 1 aliphatic heterocycles. The maximum Gasteiger partial charge on any atom is 0.335 e. The van der Waals surface area contributed by atoms with Crippen LogP contribution in [-0.2, 0) is 11.3 Å². The van der Waals surface area contributed by atoms with Crippen LogP contribution in [0.4, 0.5) is 0 Å². The molecule has 6 rings (SSSR count). The summed E-state index contributed by atoms with van der Waals surface area (Å²) in [6, 6.07) is 19.8. The summed E-state index contributed by atoms with van der Waals surface area (Å²) >= 11 is 0. The molecule has 2 aromatic carbocycles. The van der Waals surface area contributed by atoms with E-state index >= 15 is 0 Å². The molecule has 2 fully saturated rings. The number of rotatable bonds is 6. The molecular weight excluding hydrogens is 474 g/mol. The molecular formula is C32H33N3O3. The second-order valence-corrected chi connectivity index (χ2v) is 10.6. The zero-order chi connectivity index (χ0) is 26.1. The number of carbonyl (C=O) groups excluding carboxylic acids is 1. The van der Waals surface area contributed by atoms with Crippen LogP contribution in [0, 0.1) is 0 Å². The Kier molecular flexibility index (Phi) is 6.71. The summed E-state index contributed by atoms with van der Waals surface area (Å²) in [5.74, 6) is -0.497. The minimum atomic E-state index is -0.955. The van der Waals surface area contributed by atoms with Crippen LogP contribution in [0.25, 0.3) is 22.2 Å². The second-order valence-electron chi connectivity index (χ2n) is 10.6. The molecule has 6 nitrogen and oxygen atoms in total. The highest BCUT2D eigenvalue weighted by Gasteiger charge is 2.32. The number of aromatic carboxylic acids is 1. The molecule has 1 atom stereocenters. The van der Waals surface area contributed by atoms with Gasteiger partial charge in [-0.3, -0.25) is 9.78 Å². The maximum atomic E-state index is 14.0. The molecule has 1 aliphatic carbocycles. The summed E-state index contributed by atoms with van der Waals surface area (Å²) in [6.07, 6.45) is 11.3. The number of pyridine rings is 1. The van der Waals surface area contributed by atoms with Gasteiger partial charge in [0.1, 0.15) is 6.54 Å².